The van der Waals surface area contributed by atoms with Gasteiger partial charge in [0.2, 0.25) is 0 Å². The standard InChI is InChI=1S/C28H32ClN5O6S/c1-28(2,3)40-27(37)32-15-18(38-4)16-39-22-13-19(41-5)9-10-20(22)25(35)33-21-7-6-12-30-24(21)26(36)34-23-11-8-17(29)14-31-23/h6-14,18H,15-16H2,1-5H3,(H,32,37)(H,33,35)(H,31,34,36)/t18-/m0/s1. The van der Waals surface area contributed by atoms with Crippen LogP contribution in [0.2, 0.25) is 5.02 Å². The van der Waals surface area contributed by atoms with Crippen molar-refractivity contribution in [1.82, 2.24) is 15.3 Å². The molecule has 3 aromatic rings. The lowest BCUT2D eigenvalue weighted by atomic mass is 10.1. The van der Waals surface area contributed by atoms with Gasteiger partial charge in [-0.25, -0.2) is 14.8 Å². The van der Waals surface area contributed by atoms with Crippen LogP contribution in [0.15, 0.2) is 59.8 Å². The molecule has 11 nitrogen and oxygen atoms in total. The van der Waals surface area contributed by atoms with Crippen LogP contribution in [0.1, 0.15) is 41.6 Å². The Balaban J connectivity index is 1.73. The molecule has 0 fully saturated rings. The summed E-state index contributed by atoms with van der Waals surface area (Å²) in [5.74, 6) is -0.501. The predicted molar refractivity (Wildman–Crippen MR) is 158 cm³/mol. The van der Waals surface area contributed by atoms with Crippen molar-refractivity contribution in [1.29, 1.82) is 0 Å². The van der Waals surface area contributed by atoms with Gasteiger partial charge in [-0.1, -0.05) is 11.6 Å². The lowest BCUT2D eigenvalue weighted by Crippen LogP contribution is -2.39. The van der Waals surface area contributed by atoms with Crippen LogP contribution in [0.5, 0.6) is 5.75 Å². The first-order valence-electron chi connectivity index (χ1n) is 12.5. The molecule has 0 radical (unpaired) electrons. The highest BCUT2D eigenvalue weighted by molar-refractivity contribution is 7.98. The summed E-state index contributed by atoms with van der Waals surface area (Å²) in [6, 6.07) is 11.5. The summed E-state index contributed by atoms with van der Waals surface area (Å²) in [6.07, 6.45) is 3.65. The van der Waals surface area contributed by atoms with Crippen LogP contribution in [-0.2, 0) is 9.47 Å². The van der Waals surface area contributed by atoms with Crippen molar-refractivity contribution < 1.29 is 28.6 Å². The van der Waals surface area contributed by atoms with Crippen LogP contribution in [0.3, 0.4) is 0 Å². The van der Waals surface area contributed by atoms with E-state index in [1.807, 2.05) is 6.26 Å². The average molecular weight is 602 g/mol. The van der Waals surface area contributed by atoms with Crippen molar-refractivity contribution in [3.8, 4) is 5.75 Å². The number of methoxy groups -OCH3 is 1. The first-order valence-corrected chi connectivity index (χ1v) is 14.1. The number of carbonyl (C=O) groups is 3. The molecule has 2 heterocycles. The van der Waals surface area contributed by atoms with Crippen molar-refractivity contribution in [3.63, 3.8) is 0 Å². The van der Waals surface area contributed by atoms with E-state index >= 15 is 0 Å². The molecule has 13 heteroatoms. The highest BCUT2D eigenvalue weighted by Gasteiger charge is 2.21. The number of alkyl carbamates (subject to hydrolysis) is 1. The van der Waals surface area contributed by atoms with Crippen molar-refractivity contribution in [3.05, 3.63) is 71.1 Å². The Morgan fingerprint density at radius 2 is 1.83 bits per heavy atom. The highest BCUT2D eigenvalue weighted by Crippen LogP contribution is 2.27. The van der Waals surface area contributed by atoms with Gasteiger partial charge in [-0.3, -0.25) is 9.59 Å². The molecular weight excluding hydrogens is 570 g/mol. The van der Waals surface area contributed by atoms with E-state index in [1.54, 1.807) is 63.2 Å². The number of nitrogens with zero attached hydrogens (tertiary/aromatic N) is 2. The maximum absolute atomic E-state index is 13.4. The third-order valence-corrected chi connectivity index (χ3v) is 6.25. The number of aromatic nitrogens is 2. The number of carbonyl (C=O) groups excluding carboxylic acids is 3. The fraction of sp³-hybridized carbons (Fsp3) is 0.321. The molecule has 2 aromatic heterocycles. The van der Waals surface area contributed by atoms with Gasteiger partial charge in [0.05, 0.1) is 22.8 Å². The maximum atomic E-state index is 13.4. The molecule has 1 atom stereocenters. The largest absolute Gasteiger partial charge is 0.490 e. The van der Waals surface area contributed by atoms with E-state index in [2.05, 4.69) is 25.9 Å². The summed E-state index contributed by atoms with van der Waals surface area (Å²) in [6.45, 7) is 5.48. The molecule has 0 aliphatic rings. The SMILES string of the molecule is CO[C@@H](CNC(=O)OC(C)(C)C)COc1cc(SC)ccc1C(=O)Nc1cccnc1C(=O)Nc1ccc(Cl)cn1. The number of hydrogen-bond acceptors (Lipinski definition) is 9. The summed E-state index contributed by atoms with van der Waals surface area (Å²) in [4.78, 5) is 47.4. The normalized spacial score (nSPS) is 11.8. The molecule has 0 aliphatic carbocycles. The molecule has 3 amide bonds. The first kappa shape index (κ1) is 31.7. The monoisotopic (exact) mass is 601 g/mol. The second-order valence-corrected chi connectivity index (χ2v) is 10.9. The Labute approximate surface area is 247 Å². The van der Waals surface area contributed by atoms with Gasteiger partial charge >= 0.3 is 6.09 Å². The van der Waals surface area contributed by atoms with Crippen molar-refractivity contribution >= 4 is 52.8 Å². The zero-order chi connectivity index (χ0) is 30.0. The minimum Gasteiger partial charge on any atom is -0.490 e. The number of nitrogens with one attached hydrogen (secondary N) is 3. The number of anilines is 2. The number of halogens is 1. The molecule has 1 aromatic carbocycles. The van der Waals surface area contributed by atoms with E-state index in [9.17, 15) is 14.4 Å². The first-order chi connectivity index (χ1) is 19.5. The fourth-order valence-electron chi connectivity index (χ4n) is 3.34. The number of amides is 3. The minimum atomic E-state index is -0.634. The molecule has 0 saturated carbocycles. The average Bonchev–Trinajstić information content (AvgIpc) is 2.93. The van der Waals surface area contributed by atoms with Gasteiger partial charge in [0.25, 0.3) is 11.8 Å². The third-order valence-electron chi connectivity index (χ3n) is 5.30. The number of benzene rings is 1. The van der Waals surface area contributed by atoms with E-state index in [0.29, 0.717) is 10.8 Å². The van der Waals surface area contributed by atoms with E-state index in [0.717, 1.165) is 4.90 Å². The zero-order valence-electron chi connectivity index (χ0n) is 23.3. The van der Waals surface area contributed by atoms with Gasteiger partial charge in [-0.15, -0.1) is 11.8 Å². The van der Waals surface area contributed by atoms with Crippen molar-refractivity contribution in [2.75, 3.05) is 37.2 Å². The van der Waals surface area contributed by atoms with Crippen LogP contribution in [0, 0.1) is 0 Å². The molecule has 0 aliphatic heterocycles. The van der Waals surface area contributed by atoms with Gasteiger partial charge in [0, 0.05) is 24.4 Å². The van der Waals surface area contributed by atoms with Gasteiger partial charge in [0.1, 0.15) is 29.9 Å². The Kier molecular flexibility index (Phi) is 11.3. The van der Waals surface area contributed by atoms with Crippen LogP contribution in [-0.4, -0.2) is 66.1 Å². The summed E-state index contributed by atoms with van der Waals surface area (Å²) < 4.78 is 16.7. The van der Waals surface area contributed by atoms with E-state index in [4.69, 9.17) is 25.8 Å². The molecule has 0 unspecified atom stereocenters. The summed E-state index contributed by atoms with van der Waals surface area (Å²) in [5, 5.41) is 8.46. The second-order valence-electron chi connectivity index (χ2n) is 9.58. The maximum Gasteiger partial charge on any atom is 0.407 e. The van der Waals surface area contributed by atoms with Crippen LogP contribution < -0.4 is 20.7 Å². The van der Waals surface area contributed by atoms with Crippen LogP contribution >= 0.6 is 23.4 Å². The lowest BCUT2D eigenvalue weighted by Gasteiger charge is -2.22. The van der Waals surface area contributed by atoms with Gasteiger partial charge in [-0.2, -0.15) is 0 Å². The van der Waals surface area contributed by atoms with Crippen LogP contribution in [0.4, 0.5) is 16.3 Å². The van der Waals surface area contributed by atoms with E-state index in [1.165, 1.54) is 31.3 Å². The molecule has 0 saturated heterocycles. The number of rotatable bonds is 11. The lowest BCUT2D eigenvalue weighted by molar-refractivity contribution is 0.0366. The number of hydrogen-bond donors (Lipinski definition) is 3. The molecular formula is C28H32ClN5O6S. The molecule has 3 rings (SSSR count). The fourth-order valence-corrected chi connectivity index (χ4v) is 3.88. The van der Waals surface area contributed by atoms with Gasteiger partial charge in [-0.05, 0) is 69.5 Å². The molecule has 0 spiro atoms. The Hall–Kier alpha value is -3.87. The van der Waals surface area contributed by atoms with E-state index in [-0.39, 0.29) is 35.9 Å². The van der Waals surface area contributed by atoms with Gasteiger partial charge < -0.3 is 30.2 Å². The summed E-state index contributed by atoms with van der Waals surface area (Å²) in [7, 11) is 1.49. The number of thioether (sulfide) groups is 1. The zero-order valence-corrected chi connectivity index (χ0v) is 24.9. The topological polar surface area (TPSA) is 141 Å². The van der Waals surface area contributed by atoms with E-state index < -0.39 is 29.6 Å². The minimum absolute atomic E-state index is 0.00605. The quantitative estimate of drug-likeness (QED) is 0.250. The molecule has 218 valence electrons. The number of ether oxygens (including phenoxy) is 3. The number of pyridine rings is 2. The molecule has 3 N–H and O–H groups in total. The van der Waals surface area contributed by atoms with Gasteiger partial charge in [0.15, 0.2) is 5.69 Å². The Bertz CT molecular complexity index is 1370. The van der Waals surface area contributed by atoms with Crippen molar-refractivity contribution in [2.45, 2.75) is 37.4 Å². The second kappa shape index (κ2) is 14.7. The summed E-state index contributed by atoms with van der Waals surface area (Å²) in [5.41, 5.74) is -0.216. The third kappa shape index (κ3) is 9.92. The molecule has 0 bridgehead atoms. The van der Waals surface area contributed by atoms with Crippen LogP contribution in [0.25, 0.3) is 0 Å². The smallest absolute Gasteiger partial charge is 0.407 e. The summed E-state index contributed by atoms with van der Waals surface area (Å²) >= 11 is 7.34. The Morgan fingerprint density at radius 3 is 2.49 bits per heavy atom. The Morgan fingerprint density at radius 1 is 1.05 bits per heavy atom. The predicted octanol–water partition coefficient (Wildman–Crippen LogP) is 5.28. The van der Waals surface area contributed by atoms with Crippen molar-refractivity contribution in [2.24, 2.45) is 0 Å². The molecule has 41 heavy (non-hydrogen) atoms. The highest BCUT2D eigenvalue weighted by atomic mass is 35.5.